The average Bonchev–Trinajstić information content (AvgIpc) is 3.00. The van der Waals surface area contributed by atoms with E-state index < -0.39 is 0 Å². The Hall–Kier alpha value is -2.76. The predicted octanol–water partition coefficient (Wildman–Crippen LogP) is 3.31. The van der Waals surface area contributed by atoms with Crippen LogP contribution in [0.5, 0.6) is 0 Å². The number of rotatable bonds is 6. The van der Waals surface area contributed by atoms with Gasteiger partial charge < -0.3 is 5.32 Å². The van der Waals surface area contributed by atoms with Crippen LogP contribution < -0.4 is 5.32 Å². The molecule has 6 heteroatoms. The van der Waals surface area contributed by atoms with Crippen molar-refractivity contribution in [2.75, 3.05) is 0 Å². The van der Waals surface area contributed by atoms with Crippen molar-refractivity contribution in [3.8, 4) is 0 Å². The molecule has 130 valence electrons. The highest BCUT2D eigenvalue weighted by molar-refractivity contribution is 5.78. The maximum absolute atomic E-state index is 13.0. The lowest BCUT2D eigenvalue weighted by atomic mass is 10.0. The van der Waals surface area contributed by atoms with Gasteiger partial charge in [-0.2, -0.15) is 0 Å². The van der Waals surface area contributed by atoms with Gasteiger partial charge in [0, 0.05) is 6.20 Å². The summed E-state index contributed by atoms with van der Waals surface area (Å²) in [7, 11) is 0. The fourth-order valence-electron chi connectivity index (χ4n) is 2.83. The van der Waals surface area contributed by atoms with Gasteiger partial charge in [0.15, 0.2) is 11.5 Å². The first-order valence-corrected chi connectivity index (χ1v) is 8.36. The van der Waals surface area contributed by atoms with E-state index in [-0.39, 0.29) is 24.2 Å². The van der Waals surface area contributed by atoms with Crippen LogP contribution in [0.2, 0.25) is 0 Å². The van der Waals surface area contributed by atoms with Gasteiger partial charge in [0.2, 0.25) is 5.91 Å². The molecule has 0 bridgehead atoms. The maximum atomic E-state index is 13.0. The summed E-state index contributed by atoms with van der Waals surface area (Å²) < 4.78 is 14.9. The van der Waals surface area contributed by atoms with Gasteiger partial charge in [0.05, 0.1) is 12.5 Å². The summed E-state index contributed by atoms with van der Waals surface area (Å²) in [4.78, 5) is 12.5. The smallest absolute Gasteiger partial charge is 0.225 e. The largest absolute Gasteiger partial charge is 0.346 e. The maximum Gasteiger partial charge on any atom is 0.225 e. The number of halogens is 1. The fraction of sp³-hybridized carbons (Fsp3) is 0.316. The number of aromatic nitrogens is 3. The van der Waals surface area contributed by atoms with Crippen molar-refractivity contribution in [3.63, 3.8) is 0 Å². The second-order valence-electron chi connectivity index (χ2n) is 6.54. The Labute approximate surface area is 145 Å². The zero-order valence-electron chi connectivity index (χ0n) is 14.3. The summed E-state index contributed by atoms with van der Waals surface area (Å²) >= 11 is 0. The van der Waals surface area contributed by atoms with Crippen molar-refractivity contribution in [2.45, 2.75) is 32.7 Å². The van der Waals surface area contributed by atoms with Crippen LogP contribution in [0.1, 0.15) is 37.7 Å². The number of fused-ring (bicyclic) bond motifs is 1. The van der Waals surface area contributed by atoms with E-state index >= 15 is 0 Å². The SMILES string of the molecule is CC(C)C[C@@H](NC(=O)Cc1ccc(F)cc1)c1nnc2ccccn12. The Kier molecular flexibility index (Phi) is 5.07. The number of carbonyl (C=O) groups is 1. The third-order valence-corrected chi connectivity index (χ3v) is 3.97. The lowest BCUT2D eigenvalue weighted by Crippen LogP contribution is -2.32. The summed E-state index contributed by atoms with van der Waals surface area (Å²) in [5.74, 6) is 0.672. The van der Waals surface area contributed by atoms with Crippen molar-refractivity contribution in [2.24, 2.45) is 5.92 Å². The number of nitrogens with zero attached hydrogens (tertiary/aromatic N) is 3. The first kappa shape index (κ1) is 17.1. The van der Waals surface area contributed by atoms with E-state index in [2.05, 4.69) is 29.4 Å². The Morgan fingerprint density at radius 2 is 1.92 bits per heavy atom. The summed E-state index contributed by atoms with van der Waals surface area (Å²) in [6.45, 7) is 4.20. The van der Waals surface area contributed by atoms with Crippen molar-refractivity contribution < 1.29 is 9.18 Å². The number of hydrogen-bond donors (Lipinski definition) is 1. The Morgan fingerprint density at radius 3 is 2.64 bits per heavy atom. The van der Waals surface area contributed by atoms with Gasteiger partial charge in [-0.15, -0.1) is 10.2 Å². The van der Waals surface area contributed by atoms with Gasteiger partial charge in [-0.1, -0.05) is 32.0 Å². The third-order valence-electron chi connectivity index (χ3n) is 3.97. The molecule has 25 heavy (non-hydrogen) atoms. The average molecular weight is 340 g/mol. The van der Waals surface area contributed by atoms with Crippen LogP contribution >= 0.6 is 0 Å². The van der Waals surface area contributed by atoms with Crippen LogP contribution in [0, 0.1) is 11.7 Å². The van der Waals surface area contributed by atoms with E-state index in [4.69, 9.17) is 0 Å². The van der Waals surface area contributed by atoms with Crippen LogP contribution in [0.25, 0.3) is 5.65 Å². The van der Waals surface area contributed by atoms with Crippen molar-refractivity contribution >= 4 is 11.6 Å². The van der Waals surface area contributed by atoms with Crippen LogP contribution in [-0.4, -0.2) is 20.5 Å². The van der Waals surface area contributed by atoms with Crippen LogP contribution in [0.4, 0.5) is 4.39 Å². The number of amides is 1. The van der Waals surface area contributed by atoms with Gasteiger partial charge >= 0.3 is 0 Å². The standard InChI is InChI=1S/C19H21FN4O/c1-13(2)11-16(19-23-22-17-5-3-4-10-24(17)19)21-18(25)12-14-6-8-15(20)9-7-14/h3-10,13,16H,11-12H2,1-2H3,(H,21,25)/t16-/m1/s1. The van der Waals surface area contributed by atoms with E-state index in [0.29, 0.717) is 5.92 Å². The molecule has 3 aromatic rings. The Balaban J connectivity index is 1.79. The summed E-state index contributed by atoms with van der Waals surface area (Å²) in [6.07, 6.45) is 2.85. The van der Waals surface area contributed by atoms with Gasteiger partial charge in [-0.05, 0) is 42.2 Å². The molecule has 3 rings (SSSR count). The fourth-order valence-corrected chi connectivity index (χ4v) is 2.83. The number of carbonyl (C=O) groups excluding carboxylic acids is 1. The molecule has 1 aromatic carbocycles. The molecule has 0 aliphatic rings. The van der Waals surface area contributed by atoms with Crippen LogP contribution in [0.15, 0.2) is 48.7 Å². The minimum atomic E-state index is -0.309. The second-order valence-corrected chi connectivity index (χ2v) is 6.54. The number of benzene rings is 1. The number of nitrogens with one attached hydrogen (secondary N) is 1. The van der Waals surface area contributed by atoms with E-state index in [9.17, 15) is 9.18 Å². The molecule has 1 amide bonds. The van der Waals surface area contributed by atoms with Gasteiger partial charge in [-0.25, -0.2) is 4.39 Å². The second kappa shape index (κ2) is 7.42. The first-order chi connectivity index (χ1) is 12.0. The van der Waals surface area contributed by atoms with E-state index in [1.807, 2.05) is 28.8 Å². The molecule has 0 radical (unpaired) electrons. The molecule has 2 aromatic heterocycles. The predicted molar refractivity (Wildman–Crippen MR) is 93.4 cm³/mol. The van der Waals surface area contributed by atoms with E-state index in [0.717, 1.165) is 23.5 Å². The summed E-state index contributed by atoms with van der Waals surface area (Å²) in [5, 5.41) is 11.5. The van der Waals surface area contributed by atoms with E-state index in [1.165, 1.54) is 12.1 Å². The quantitative estimate of drug-likeness (QED) is 0.749. The van der Waals surface area contributed by atoms with Crippen molar-refractivity contribution in [3.05, 3.63) is 65.9 Å². The van der Waals surface area contributed by atoms with Crippen molar-refractivity contribution in [1.82, 2.24) is 19.9 Å². The number of hydrogen-bond acceptors (Lipinski definition) is 3. The molecule has 2 heterocycles. The van der Waals surface area contributed by atoms with Gasteiger partial charge in [0.25, 0.3) is 0 Å². The zero-order valence-corrected chi connectivity index (χ0v) is 14.3. The molecule has 0 fully saturated rings. The molecule has 1 atom stereocenters. The number of pyridine rings is 1. The third kappa shape index (κ3) is 4.21. The van der Waals surface area contributed by atoms with E-state index in [1.54, 1.807) is 12.1 Å². The molecule has 0 aliphatic heterocycles. The van der Waals surface area contributed by atoms with Crippen LogP contribution in [-0.2, 0) is 11.2 Å². The monoisotopic (exact) mass is 340 g/mol. The summed E-state index contributed by atoms with van der Waals surface area (Å²) in [6, 6.07) is 11.4. The van der Waals surface area contributed by atoms with Crippen LogP contribution in [0.3, 0.4) is 0 Å². The minimum Gasteiger partial charge on any atom is -0.346 e. The molecular formula is C19H21FN4O. The summed E-state index contributed by atoms with van der Waals surface area (Å²) in [5.41, 5.74) is 1.52. The first-order valence-electron chi connectivity index (χ1n) is 8.36. The molecular weight excluding hydrogens is 319 g/mol. The highest BCUT2D eigenvalue weighted by atomic mass is 19.1. The Bertz CT molecular complexity index is 857. The lowest BCUT2D eigenvalue weighted by Gasteiger charge is -2.19. The minimum absolute atomic E-state index is 0.120. The molecule has 0 unspecified atom stereocenters. The molecule has 0 spiro atoms. The van der Waals surface area contributed by atoms with Crippen molar-refractivity contribution in [1.29, 1.82) is 0 Å². The highest BCUT2D eigenvalue weighted by Gasteiger charge is 2.21. The molecule has 0 aliphatic carbocycles. The Morgan fingerprint density at radius 1 is 1.16 bits per heavy atom. The normalized spacial score (nSPS) is 12.5. The molecule has 5 nitrogen and oxygen atoms in total. The zero-order chi connectivity index (χ0) is 17.8. The molecule has 0 saturated heterocycles. The molecule has 0 saturated carbocycles. The highest BCUT2D eigenvalue weighted by Crippen LogP contribution is 2.21. The molecule has 1 N–H and O–H groups in total. The lowest BCUT2D eigenvalue weighted by molar-refractivity contribution is -0.121. The van der Waals surface area contributed by atoms with Gasteiger partial charge in [0.1, 0.15) is 5.82 Å². The topological polar surface area (TPSA) is 59.3 Å². The van der Waals surface area contributed by atoms with Gasteiger partial charge in [-0.3, -0.25) is 9.20 Å².